The van der Waals surface area contributed by atoms with E-state index in [1.807, 2.05) is 16.7 Å². The van der Waals surface area contributed by atoms with Gasteiger partial charge in [-0.25, -0.2) is 0 Å². The Balaban J connectivity index is 0.737. The minimum Gasteiger partial charge on any atom is -0.366 e. The first-order chi connectivity index (χ1) is 31.7. The van der Waals surface area contributed by atoms with Gasteiger partial charge in [0.2, 0.25) is 0 Å². The van der Waals surface area contributed by atoms with Gasteiger partial charge < -0.3 is 19.4 Å². The van der Waals surface area contributed by atoms with E-state index < -0.39 is 0 Å². The van der Waals surface area contributed by atoms with Gasteiger partial charge in [0.1, 0.15) is 0 Å². The first-order valence-electron chi connectivity index (χ1n) is 27.4. The molecular formula is C60H75N3O. The largest absolute Gasteiger partial charge is 0.366 e. The van der Waals surface area contributed by atoms with Crippen molar-refractivity contribution in [3.63, 3.8) is 0 Å². The van der Waals surface area contributed by atoms with Crippen LogP contribution in [0.25, 0.3) is 0 Å². The van der Waals surface area contributed by atoms with Gasteiger partial charge >= 0.3 is 0 Å². The van der Waals surface area contributed by atoms with Crippen LogP contribution in [0.5, 0.6) is 0 Å². The Morgan fingerprint density at radius 1 is 0.562 bits per heavy atom. The van der Waals surface area contributed by atoms with Crippen molar-refractivity contribution in [1.82, 2.24) is 14.7 Å². The molecule has 0 aromatic heterocycles. The third-order valence-electron chi connectivity index (χ3n) is 20.2. The van der Waals surface area contributed by atoms with E-state index in [1.165, 1.54) is 154 Å². The summed E-state index contributed by atoms with van der Waals surface area (Å²) in [6.45, 7) is 0. The predicted molar refractivity (Wildman–Crippen MR) is 259 cm³/mol. The molecule has 0 radical (unpaired) electrons. The molecule has 14 aliphatic rings. The highest BCUT2D eigenvalue weighted by Crippen LogP contribution is 2.58. The van der Waals surface area contributed by atoms with Crippen molar-refractivity contribution in [1.29, 1.82) is 0 Å². The molecule has 336 valence electrons. The summed E-state index contributed by atoms with van der Waals surface area (Å²) in [5.74, 6) is 5.56. The Morgan fingerprint density at radius 2 is 1.42 bits per heavy atom. The van der Waals surface area contributed by atoms with Crippen molar-refractivity contribution in [2.24, 2.45) is 47.3 Å². The minimum atomic E-state index is 0.327. The van der Waals surface area contributed by atoms with Crippen molar-refractivity contribution < 1.29 is 4.74 Å². The zero-order chi connectivity index (χ0) is 41.9. The number of nitrogens with zero attached hydrogens (tertiary/aromatic N) is 3. The maximum Gasteiger partial charge on any atom is 0.0830 e. The molecule has 0 bridgehead atoms. The summed E-state index contributed by atoms with van der Waals surface area (Å²) >= 11 is 0. The van der Waals surface area contributed by atoms with Gasteiger partial charge in [-0.05, 0) is 206 Å². The van der Waals surface area contributed by atoms with Gasteiger partial charge in [-0.1, -0.05) is 78.5 Å². The lowest BCUT2D eigenvalue weighted by Gasteiger charge is -2.40. The summed E-state index contributed by atoms with van der Waals surface area (Å²) in [5, 5.41) is 0. The molecule has 0 saturated carbocycles. The SMILES string of the molecule is C1=CCCC(N2C3C=C(C4CC=C5C(C4)C4=C(CCCC4)N5C4C=C5C(CC4)OC4C=CCCC54)CCC3C3CC(C4C=C5C(CC4)C4=C(CCCC4)N5C4C=CCCC4)C=CC32)=C1. The number of hydrogen-bond donors (Lipinski definition) is 0. The molecule has 14 atom stereocenters. The van der Waals surface area contributed by atoms with Crippen LogP contribution in [0.4, 0.5) is 0 Å². The van der Waals surface area contributed by atoms with E-state index in [-0.39, 0.29) is 0 Å². The van der Waals surface area contributed by atoms with E-state index in [2.05, 4.69) is 93.7 Å². The lowest BCUT2D eigenvalue weighted by molar-refractivity contribution is 0.0545. The molecule has 14 unspecified atom stereocenters. The van der Waals surface area contributed by atoms with Gasteiger partial charge in [0.05, 0.1) is 36.4 Å². The van der Waals surface area contributed by atoms with Crippen molar-refractivity contribution >= 4 is 0 Å². The zero-order valence-electron chi connectivity index (χ0n) is 38.8. The third-order valence-corrected chi connectivity index (χ3v) is 20.2. The second kappa shape index (κ2) is 16.1. The molecule has 4 heteroatoms. The summed E-state index contributed by atoms with van der Waals surface area (Å²) in [7, 11) is 0. The number of ether oxygens (including phenoxy) is 1. The Bertz CT molecular complexity index is 2270. The number of rotatable bonds is 5. The van der Waals surface area contributed by atoms with E-state index in [9.17, 15) is 0 Å². The van der Waals surface area contributed by atoms with E-state index in [0.717, 1.165) is 11.8 Å². The van der Waals surface area contributed by atoms with Crippen LogP contribution in [0.2, 0.25) is 0 Å². The summed E-state index contributed by atoms with van der Waals surface area (Å²) in [4.78, 5) is 8.86. The maximum absolute atomic E-state index is 6.64. The molecule has 10 aliphatic carbocycles. The fraction of sp³-hybridized carbons (Fsp3) is 0.633. The molecular weight excluding hydrogens is 779 g/mol. The smallest absolute Gasteiger partial charge is 0.0830 e. The Morgan fingerprint density at radius 3 is 2.28 bits per heavy atom. The van der Waals surface area contributed by atoms with Crippen LogP contribution in [-0.2, 0) is 4.74 Å². The Hall–Kier alpha value is -3.50. The van der Waals surface area contributed by atoms with Gasteiger partial charge in [0.25, 0.3) is 0 Å². The molecule has 0 aromatic carbocycles. The van der Waals surface area contributed by atoms with Gasteiger partial charge in [-0.2, -0.15) is 0 Å². The van der Waals surface area contributed by atoms with Gasteiger partial charge in [-0.15, -0.1) is 0 Å². The number of fused-ring (bicyclic) bond motifs is 10. The van der Waals surface area contributed by atoms with Crippen LogP contribution in [-0.4, -0.2) is 51.1 Å². The monoisotopic (exact) mass is 854 g/mol. The average molecular weight is 854 g/mol. The zero-order valence-corrected chi connectivity index (χ0v) is 38.8. The Kier molecular flexibility index (Phi) is 9.97. The quantitative estimate of drug-likeness (QED) is 0.257. The van der Waals surface area contributed by atoms with E-state index in [1.54, 1.807) is 34.1 Å². The first kappa shape index (κ1) is 39.6. The fourth-order valence-corrected chi connectivity index (χ4v) is 17.4. The molecule has 0 aromatic rings. The summed E-state index contributed by atoms with van der Waals surface area (Å²) in [6, 6.07) is 2.22. The van der Waals surface area contributed by atoms with Crippen LogP contribution in [0.15, 0.2) is 130 Å². The summed E-state index contributed by atoms with van der Waals surface area (Å²) < 4.78 is 6.64. The second-order valence-corrected chi connectivity index (χ2v) is 23.2. The lowest BCUT2D eigenvalue weighted by atomic mass is 9.67. The van der Waals surface area contributed by atoms with Gasteiger partial charge in [0, 0.05) is 46.2 Å². The molecule has 2 saturated heterocycles. The van der Waals surface area contributed by atoms with Crippen LogP contribution in [0, 0.1) is 47.3 Å². The number of allylic oxidation sites excluding steroid dienone is 14. The summed E-state index contributed by atoms with van der Waals surface area (Å²) in [5.41, 5.74) is 15.7. The van der Waals surface area contributed by atoms with E-state index in [4.69, 9.17) is 4.74 Å². The molecule has 0 amide bonds. The lowest BCUT2D eigenvalue weighted by Crippen LogP contribution is -2.38. The van der Waals surface area contributed by atoms with E-state index in [0.29, 0.717) is 71.9 Å². The first-order valence-corrected chi connectivity index (χ1v) is 27.4. The second-order valence-electron chi connectivity index (χ2n) is 23.2. The molecule has 4 aliphatic heterocycles. The highest BCUT2D eigenvalue weighted by molar-refractivity contribution is 5.44. The normalized spacial score (nSPS) is 43.0. The average Bonchev–Trinajstić information content (AvgIpc) is 4.10. The molecule has 14 rings (SSSR count). The minimum absolute atomic E-state index is 0.327. The van der Waals surface area contributed by atoms with Crippen molar-refractivity contribution in [3.05, 3.63) is 130 Å². The van der Waals surface area contributed by atoms with Gasteiger partial charge in [-0.3, -0.25) is 0 Å². The van der Waals surface area contributed by atoms with Crippen LogP contribution >= 0.6 is 0 Å². The highest BCUT2D eigenvalue weighted by atomic mass is 16.5. The summed E-state index contributed by atoms with van der Waals surface area (Å²) in [6.07, 6.45) is 66.1. The van der Waals surface area contributed by atoms with Crippen LogP contribution in [0.3, 0.4) is 0 Å². The molecule has 0 spiro atoms. The molecule has 64 heavy (non-hydrogen) atoms. The van der Waals surface area contributed by atoms with Gasteiger partial charge in [0.15, 0.2) is 0 Å². The third kappa shape index (κ3) is 6.35. The van der Waals surface area contributed by atoms with Crippen molar-refractivity contribution in [2.75, 3.05) is 0 Å². The molecule has 4 heterocycles. The van der Waals surface area contributed by atoms with Crippen molar-refractivity contribution in [2.45, 2.75) is 190 Å². The predicted octanol–water partition coefficient (Wildman–Crippen LogP) is 13.8. The fourth-order valence-electron chi connectivity index (χ4n) is 17.4. The molecule has 0 N–H and O–H groups in total. The highest BCUT2D eigenvalue weighted by Gasteiger charge is 2.53. The van der Waals surface area contributed by atoms with Crippen LogP contribution in [0.1, 0.15) is 154 Å². The standard InChI is InChI=1S/C60H75N3O/c1-3-13-42(14-4-1)61-53-20-10-7-17-45(53)47-28-23-40(35-57(47)61)39-25-30-55-51(34-39)48-29-24-41(36-58(48)62(55)43-15-5-2-6-16-43)38-26-31-56-50(33-38)46-18-8-11-21-54(46)63(56)44-27-32-60-52(37-44)49-19-9-12-22-59(49)64-60/h2-3,5,12-13,15,22,25,30-31,35-40,42,44,47-51,55,58-60H,1,4,6-11,14,16-21,23-24,26-29,32-34H2. The van der Waals surface area contributed by atoms with Crippen LogP contribution < -0.4 is 0 Å². The van der Waals surface area contributed by atoms with E-state index >= 15 is 0 Å². The number of likely N-dealkylation sites (tertiary alicyclic amines) is 1. The maximum atomic E-state index is 6.64. The topological polar surface area (TPSA) is 19.0 Å². The van der Waals surface area contributed by atoms with Crippen molar-refractivity contribution in [3.8, 4) is 0 Å². The molecule has 4 nitrogen and oxygen atoms in total. The molecule has 2 fully saturated rings. The number of hydrogen-bond acceptors (Lipinski definition) is 4. The Labute approximate surface area is 385 Å².